The Balaban J connectivity index is 2.30. The molecule has 22 heavy (non-hydrogen) atoms. The number of halogens is 2. The summed E-state index contributed by atoms with van der Waals surface area (Å²) in [5, 5.41) is 9.45. The molecule has 0 bridgehead atoms. The number of rotatable bonds is 4. The van der Waals surface area contributed by atoms with Crippen LogP contribution in [0, 0.1) is 5.92 Å². The van der Waals surface area contributed by atoms with Gasteiger partial charge in [0.05, 0.1) is 24.1 Å². The van der Waals surface area contributed by atoms with Crippen molar-refractivity contribution >= 4 is 39.4 Å². The van der Waals surface area contributed by atoms with Gasteiger partial charge in [-0.25, -0.2) is 0 Å². The summed E-state index contributed by atoms with van der Waals surface area (Å²) >= 11 is 9.83. The molecule has 2 rings (SSSR count). The van der Waals surface area contributed by atoms with E-state index in [4.69, 9.17) is 21.4 Å². The first kappa shape index (κ1) is 17.1. The molecule has 7 heteroatoms. The molecule has 1 aliphatic rings. The molecule has 5 nitrogen and oxygen atoms in total. The number of aliphatic carboxylic acids is 1. The van der Waals surface area contributed by atoms with Crippen LogP contribution in [0.5, 0.6) is 5.75 Å². The molecular formula is C15H17BrClNO4. The number of methoxy groups -OCH3 is 1. The smallest absolute Gasteiger partial charge is 0.306 e. The van der Waals surface area contributed by atoms with E-state index in [1.54, 1.807) is 11.0 Å². The van der Waals surface area contributed by atoms with Crippen molar-refractivity contribution in [1.82, 2.24) is 4.90 Å². The highest BCUT2D eigenvalue weighted by Crippen LogP contribution is 2.45. The number of carboxylic acid groups (broad SMARTS) is 1. The van der Waals surface area contributed by atoms with Crippen molar-refractivity contribution in [3.63, 3.8) is 0 Å². The summed E-state index contributed by atoms with van der Waals surface area (Å²) in [4.78, 5) is 25.0. The molecule has 1 aromatic carbocycles. The first-order valence-electron chi connectivity index (χ1n) is 6.84. The molecule has 120 valence electrons. The van der Waals surface area contributed by atoms with Crippen LogP contribution in [0.2, 0.25) is 5.02 Å². The lowest BCUT2D eigenvalue weighted by atomic mass is 10.0. The number of benzene rings is 1. The normalized spacial score (nSPS) is 18.0. The van der Waals surface area contributed by atoms with Crippen LogP contribution in [-0.4, -0.2) is 29.0 Å². The van der Waals surface area contributed by atoms with Gasteiger partial charge >= 0.3 is 5.97 Å². The molecule has 1 unspecified atom stereocenters. The van der Waals surface area contributed by atoms with E-state index < -0.39 is 11.9 Å². The van der Waals surface area contributed by atoms with Crippen LogP contribution in [0.15, 0.2) is 10.5 Å². The summed E-state index contributed by atoms with van der Waals surface area (Å²) < 4.78 is 6.07. The molecular weight excluding hydrogens is 374 g/mol. The molecule has 0 saturated carbocycles. The molecule has 0 radical (unpaired) electrons. The fourth-order valence-electron chi connectivity index (χ4n) is 2.66. The Morgan fingerprint density at radius 1 is 1.59 bits per heavy atom. The lowest BCUT2D eigenvalue weighted by Gasteiger charge is -2.23. The number of nitrogens with zero attached hydrogens (tertiary/aromatic N) is 1. The van der Waals surface area contributed by atoms with Gasteiger partial charge in [-0.15, -0.1) is 0 Å². The molecule has 1 N–H and O–H groups in total. The third-order valence-electron chi connectivity index (χ3n) is 3.98. The van der Waals surface area contributed by atoms with Gasteiger partial charge in [-0.2, -0.15) is 0 Å². The van der Waals surface area contributed by atoms with Crippen molar-refractivity contribution in [2.45, 2.75) is 32.9 Å². The summed E-state index contributed by atoms with van der Waals surface area (Å²) in [5.41, 5.74) is 1.79. The monoisotopic (exact) mass is 389 g/mol. The maximum absolute atomic E-state index is 12.4. The number of ether oxygens (including phenoxy) is 1. The minimum absolute atomic E-state index is 0.0277. The van der Waals surface area contributed by atoms with Crippen LogP contribution in [0.25, 0.3) is 0 Å². The zero-order chi connectivity index (χ0) is 16.6. The first-order chi connectivity index (χ1) is 10.3. The Bertz CT molecular complexity index is 634. The van der Waals surface area contributed by atoms with Gasteiger partial charge in [0.25, 0.3) is 0 Å². The van der Waals surface area contributed by atoms with E-state index in [0.29, 0.717) is 17.3 Å². The van der Waals surface area contributed by atoms with Crippen LogP contribution in [0.1, 0.15) is 37.4 Å². The lowest BCUT2D eigenvalue weighted by molar-refractivity contribution is -0.145. The van der Waals surface area contributed by atoms with Gasteiger partial charge in [0.2, 0.25) is 5.91 Å². The highest BCUT2D eigenvalue weighted by molar-refractivity contribution is 9.10. The molecule has 1 aromatic rings. The van der Waals surface area contributed by atoms with Crippen LogP contribution >= 0.6 is 27.5 Å². The largest absolute Gasteiger partial charge is 0.495 e. The summed E-state index contributed by atoms with van der Waals surface area (Å²) in [6.45, 7) is 3.79. The Labute approximate surface area is 142 Å². The maximum Gasteiger partial charge on any atom is 0.306 e. The van der Waals surface area contributed by atoms with Crippen LogP contribution in [0.3, 0.4) is 0 Å². The number of carbonyl (C=O) groups is 2. The zero-order valence-corrected chi connectivity index (χ0v) is 14.9. The van der Waals surface area contributed by atoms with Crippen molar-refractivity contribution in [2.24, 2.45) is 5.92 Å². The summed E-state index contributed by atoms with van der Waals surface area (Å²) in [5.74, 6) is -1.33. The van der Waals surface area contributed by atoms with E-state index in [1.165, 1.54) is 14.0 Å². The molecule has 1 amide bonds. The maximum atomic E-state index is 12.4. The molecule has 0 spiro atoms. The number of hydrogen-bond donors (Lipinski definition) is 1. The predicted molar refractivity (Wildman–Crippen MR) is 86.1 cm³/mol. The van der Waals surface area contributed by atoms with Gasteiger partial charge in [0.1, 0.15) is 5.75 Å². The second kappa shape index (κ2) is 6.46. The average Bonchev–Trinajstić information content (AvgIpc) is 2.81. The molecule has 1 heterocycles. The van der Waals surface area contributed by atoms with Gasteiger partial charge < -0.3 is 14.7 Å². The molecule has 2 atom stereocenters. The summed E-state index contributed by atoms with van der Waals surface area (Å²) in [6.07, 6.45) is -0.0277. The SMILES string of the molecule is COc1cc(Br)c2c(c1Cl)CN(C(=O)C[C@H](C)C(=O)O)C2C. The fourth-order valence-corrected chi connectivity index (χ4v) is 3.73. The van der Waals surface area contributed by atoms with E-state index >= 15 is 0 Å². The minimum atomic E-state index is -0.974. The average molecular weight is 391 g/mol. The minimum Gasteiger partial charge on any atom is -0.495 e. The number of carbonyl (C=O) groups excluding carboxylic acids is 1. The van der Waals surface area contributed by atoms with Crippen molar-refractivity contribution in [3.05, 3.63) is 26.7 Å². The van der Waals surface area contributed by atoms with Gasteiger partial charge in [0, 0.05) is 23.0 Å². The third kappa shape index (κ3) is 2.94. The standard InChI is InChI=1S/C15H17BrClNO4/c1-7(15(20)21)4-12(19)18-6-9-13(8(18)2)10(16)5-11(22-3)14(9)17/h5,7-8H,4,6H2,1-3H3,(H,20,21)/t7-,8?/m0/s1. The number of hydrogen-bond acceptors (Lipinski definition) is 3. The van der Waals surface area contributed by atoms with Gasteiger partial charge in [-0.3, -0.25) is 9.59 Å². The Morgan fingerprint density at radius 2 is 2.23 bits per heavy atom. The topological polar surface area (TPSA) is 66.8 Å². The highest BCUT2D eigenvalue weighted by atomic mass is 79.9. The van der Waals surface area contributed by atoms with Gasteiger partial charge in [0.15, 0.2) is 0 Å². The summed E-state index contributed by atoms with van der Waals surface area (Å²) in [7, 11) is 1.54. The van der Waals surface area contributed by atoms with Crippen molar-refractivity contribution in [3.8, 4) is 5.75 Å². The van der Waals surface area contributed by atoms with Gasteiger partial charge in [-0.05, 0) is 18.6 Å². The number of carboxylic acids is 1. The molecule has 0 aromatic heterocycles. The van der Waals surface area contributed by atoms with Crippen molar-refractivity contribution in [1.29, 1.82) is 0 Å². The van der Waals surface area contributed by atoms with Crippen LogP contribution in [0.4, 0.5) is 0 Å². The molecule has 1 aliphatic heterocycles. The van der Waals surface area contributed by atoms with E-state index in [9.17, 15) is 9.59 Å². The third-order valence-corrected chi connectivity index (χ3v) is 5.05. The summed E-state index contributed by atoms with van der Waals surface area (Å²) in [6, 6.07) is 1.62. The second-order valence-corrected chi connectivity index (χ2v) is 6.64. The molecule has 0 aliphatic carbocycles. The Kier molecular flexibility index (Phi) is 5.02. The molecule has 0 saturated heterocycles. The van der Waals surface area contributed by atoms with E-state index in [2.05, 4.69) is 15.9 Å². The first-order valence-corrected chi connectivity index (χ1v) is 8.02. The van der Waals surface area contributed by atoms with Crippen molar-refractivity contribution < 1.29 is 19.4 Å². The number of fused-ring (bicyclic) bond motifs is 1. The lowest BCUT2D eigenvalue weighted by Crippen LogP contribution is -2.30. The van der Waals surface area contributed by atoms with Crippen LogP contribution in [-0.2, 0) is 16.1 Å². The van der Waals surface area contributed by atoms with E-state index in [1.807, 2.05) is 6.92 Å². The predicted octanol–water partition coefficient (Wildman–Crippen LogP) is 3.63. The number of amides is 1. The van der Waals surface area contributed by atoms with E-state index in [0.717, 1.165) is 15.6 Å². The van der Waals surface area contributed by atoms with Crippen LogP contribution < -0.4 is 4.74 Å². The second-order valence-electron chi connectivity index (χ2n) is 5.41. The van der Waals surface area contributed by atoms with E-state index in [-0.39, 0.29) is 18.4 Å². The van der Waals surface area contributed by atoms with Crippen molar-refractivity contribution in [2.75, 3.05) is 7.11 Å². The quantitative estimate of drug-likeness (QED) is 0.852. The fraction of sp³-hybridized carbons (Fsp3) is 0.467. The highest BCUT2D eigenvalue weighted by Gasteiger charge is 2.35. The molecule has 0 fully saturated rings. The zero-order valence-electron chi connectivity index (χ0n) is 12.5. The Hall–Kier alpha value is -1.27. The van der Waals surface area contributed by atoms with Gasteiger partial charge in [-0.1, -0.05) is 34.5 Å². The Morgan fingerprint density at radius 3 is 2.77 bits per heavy atom.